The van der Waals surface area contributed by atoms with Gasteiger partial charge in [-0.3, -0.25) is 0 Å². The molecule has 0 aromatic carbocycles. The summed E-state index contributed by atoms with van der Waals surface area (Å²) in [7, 11) is 0. The third-order valence-electron chi connectivity index (χ3n) is 1.92. The maximum absolute atomic E-state index is 11.3. The molecule has 0 amide bonds. The van der Waals surface area contributed by atoms with Crippen molar-refractivity contribution < 1.29 is 9.53 Å². The standard InChI is InChI=1S/C9H13BrO2/c1-2-12-9(11)7-5-3-4-6-8(7)10/h2-6H2,1H3. The molecule has 0 bridgehead atoms. The van der Waals surface area contributed by atoms with Gasteiger partial charge in [0.15, 0.2) is 0 Å². The van der Waals surface area contributed by atoms with Crippen LogP contribution < -0.4 is 0 Å². The van der Waals surface area contributed by atoms with Crippen molar-refractivity contribution in [3.05, 3.63) is 10.1 Å². The second kappa shape index (κ2) is 4.65. The normalized spacial score (nSPS) is 17.8. The monoisotopic (exact) mass is 232 g/mol. The number of ether oxygens (including phenoxy) is 1. The van der Waals surface area contributed by atoms with Gasteiger partial charge in [-0.1, -0.05) is 15.9 Å². The van der Waals surface area contributed by atoms with Crippen molar-refractivity contribution in [1.82, 2.24) is 0 Å². The largest absolute Gasteiger partial charge is 0.463 e. The van der Waals surface area contributed by atoms with Crippen LogP contribution in [0.25, 0.3) is 0 Å². The van der Waals surface area contributed by atoms with Crippen LogP contribution in [0.1, 0.15) is 32.6 Å². The molecule has 0 saturated heterocycles. The molecule has 0 radical (unpaired) electrons. The predicted octanol–water partition coefficient (Wildman–Crippen LogP) is 2.77. The van der Waals surface area contributed by atoms with E-state index in [9.17, 15) is 4.79 Å². The van der Waals surface area contributed by atoms with Crippen LogP contribution in [0.5, 0.6) is 0 Å². The molecule has 0 unspecified atom stereocenters. The molecule has 0 heterocycles. The first-order valence-electron chi connectivity index (χ1n) is 4.30. The first-order valence-corrected chi connectivity index (χ1v) is 5.09. The topological polar surface area (TPSA) is 26.3 Å². The summed E-state index contributed by atoms with van der Waals surface area (Å²) in [6.07, 6.45) is 4.11. The van der Waals surface area contributed by atoms with Crippen molar-refractivity contribution in [2.45, 2.75) is 32.6 Å². The zero-order valence-electron chi connectivity index (χ0n) is 7.23. The molecule has 1 rings (SSSR count). The van der Waals surface area contributed by atoms with Crippen LogP contribution >= 0.6 is 15.9 Å². The summed E-state index contributed by atoms with van der Waals surface area (Å²) in [5.41, 5.74) is 0.836. The Kier molecular flexibility index (Phi) is 3.79. The molecule has 1 aliphatic carbocycles. The summed E-state index contributed by atoms with van der Waals surface area (Å²) < 4.78 is 5.96. The van der Waals surface area contributed by atoms with Gasteiger partial charge in [0.1, 0.15) is 0 Å². The number of allylic oxidation sites excluding steroid dienone is 1. The number of carbonyl (C=O) groups is 1. The van der Waals surface area contributed by atoms with Gasteiger partial charge >= 0.3 is 5.97 Å². The SMILES string of the molecule is CCOC(=O)C1=C(Br)CCCC1. The van der Waals surface area contributed by atoms with E-state index in [2.05, 4.69) is 15.9 Å². The van der Waals surface area contributed by atoms with Crippen LogP contribution in [0, 0.1) is 0 Å². The van der Waals surface area contributed by atoms with Crippen molar-refractivity contribution in [2.24, 2.45) is 0 Å². The van der Waals surface area contributed by atoms with Gasteiger partial charge < -0.3 is 4.74 Å². The lowest BCUT2D eigenvalue weighted by Gasteiger charge is -2.14. The fourth-order valence-electron chi connectivity index (χ4n) is 1.30. The third kappa shape index (κ3) is 2.34. The molecule has 0 aliphatic heterocycles. The van der Waals surface area contributed by atoms with E-state index < -0.39 is 0 Å². The molecular weight excluding hydrogens is 220 g/mol. The molecule has 0 atom stereocenters. The Morgan fingerprint density at radius 1 is 1.50 bits per heavy atom. The Labute approximate surface area is 81.1 Å². The van der Waals surface area contributed by atoms with Crippen molar-refractivity contribution in [3.8, 4) is 0 Å². The summed E-state index contributed by atoms with van der Waals surface area (Å²) in [5, 5.41) is 0. The van der Waals surface area contributed by atoms with Gasteiger partial charge in [-0.25, -0.2) is 4.79 Å². The highest BCUT2D eigenvalue weighted by atomic mass is 79.9. The average molecular weight is 233 g/mol. The fraction of sp³-hybridized carbons (Fsp3) is 0.667. The van der Waals surface area contributed by atoms with E-state index >= 15 is 0 Å². The highest BCUT2D eigenvalue weighted by molar-refractivity contribution is 9.11. The number of halogens is 1. The minimum Gasteiger partial charge on any atom is -0.463 e. The zero-order valence-corrected chi connectivity index (χ0v) is 8.82. The summed E-state index contributed by atoms with van der Waals surface area (Å²) in [4.78, 5) is 11.3. The summed E-state index contributed by atoms with van der Waals surface area (Å²) in [5.74, 6) is -0.149. The minimum absolute atomic E-state index is 0.149. The van der Waals surface area contributed by atoms with Gasteiger partial charge in [-0.05, 0) is 32.6 Å². The Bertz CT molecular complexity index is 209. The molecule has 0 N–H and O–H groups in total. The van der Waals surface area contributed by atoms with Gasteiger partial charge in [0, 0.05) is 10.1 Å². The lowest BCUT2D eigenvalue weighted by Crippen LogP contribution is -2.11. The maximum Gasteiger partial charge on any atom is 0.334 e. The van der Waals surface area contributed by atoms with E-state index in [-0.39, 0.29) is 5.97 Å². The zero-order chi connectivity index (χ0) is 8.97. The van der Waals surface area contributed by atoms with E-state index in [1.807, 2.05) is 6.92 Å². The van der Waals surface area contributed by atoms with Crippen molar-refractivity contribution in [3.63, 3.8) is 0 Å². The van der Waals surface area contributed by atoms with Crippen LogP contribution in [0.3, 0.4) is 0 Å². The Balaban J connectivity index is 2.64. The number of hydrogen-bond acceptors (Lipinski definition) is 2. The lowest BCUT2D eigenvalue weighted by atomic mass is 10.00. The smallest absolute Gasteiger partial charge is 0.334 e. The molecule has 0 spiro atoms. The van der Waals surface area contributed by atoms with Crippen LogP contribution in [0.4, 0.5) is 0 Å². The first kappa shape index (κ1) is 9.78. The van der Waals surface area contributed by atoms with Gasteiger partial charge in [0.2, 0.25) is 0 Å². The molecule has 0 saturated carbocycles. The number of carbonyl (C=O) groups excluding carboxylic acids is 1. The number of hydrogen-bond donors (Lipinski definition) is 0. The summed E-state index contributed by atoms with van der Waals surface area (Å²) >= 11 is 3.40. The predicted molar refractivity (Wildman–Crippen MR) is 51.1 cm³/mol. The molecule has 2 nitrogen and oxygen atoms in total. The highest BCUT2D eigenvalue weighted by Gasteiger charge is 2.17. The van der Waals surface area contributed by atoms with Crippen LogP contribution in [-0.4, -0.2) is 12.6 Å². The average Bonchev–Trinajstić information content (AvgIpc) is 2.05. The number of rotatable bonds is 2. The third-order valence-corrected chi connectivity index (χ3v) is 2.80. The fourth-order valence-corrected chi connectivity index (χ4v) is 1.94. The van der Waals surface area contributed by atoms with E-state index in [0.717, 1.165) is 29.3 Å². The quantitative estimate of drug-likeness (QED) is 0.685. The molecule has 12 heavy (non-hydrogen) atoms. The maximum atomic E-state index is 11.3. The number of esters is 1. The summed E-state index contributed by atoms with van der Waals surface area (Å²) in [6.45, 7) is 2.29. The van der Waals surface area contributed by atoms with Crippen molar-refractivity contribution >= 4 is 21.9 Å². The van der Waals surface area contributed by atoms with Gasteiger partial charge in [0.25, 0.3) is 0 Å². The molecule has 1 aliphatic rings. The second-order valence-electron chi connectivity index (χ2n) is 2.81. The first-order chi connectivity index (χ1) is 5.75. The second-order valence-corrected chi connectivity index (χ2v) is 3.77. The molecule has 3 heteroatoms. The van der Waals surface area contributed by atoms with E-state index in [1.165, 1.54) is 6.42 Å². The van der Waals surface area contributed by atoms with Gasteiger partial charge in [0.05, 0.1) is 6.61 Å². The minimum atomic E-state index is -0.149. The van der Waals surface area contributed by atoms with Crippen LogP contribution in [0.15, 0.2) is 10.1 Å². The molecular formula is C9H13BrO2. The lowest BCUT2D eigenvalue weighted by molar-refractivity contribution is -0.138. The molecule has 0 fully saturated rings. The highest BCUT2D eigenvalue weighted by Crippen LogP contribution is 2.29. The van der Waals surface area contributed by atoms with Gasteiger partial charge in [-0.15, -0.1) is 0 Å². The van der Waals surface area contributed by atoms with Crippen LogP contribution in [-0.2, 0) is 9.53 Å². The van der Waals surface area contributed by atoms with Gasteiger partial charge in [-0.2, -0.15) is 0 Å². The van der Waals surface area contributed by atoms with E-state index in [0.29, 0.717) is 6.61 Å². The van der Waals surface area contributed by atoms with E-state index in [4.69, 9.17) is 4.74 Å². The summed E-state index contributed by atoms with van der Waals surface area (Å²) in [6, 6.07) is 0. The van der Waals surface area contributed by atoms with E-state index in [1.54, 1.807) is 0 Å². The molecule has 0 aromatic heterocycles. The molecule has 68 valence electrons. The van der Waals surface area contributed by atoms with Crippen molar-refractivity contribution in [2.75, 3.05) is 6.61 Å². The molecule has 0 aromatic rings. The Hall–Kier alpha value is -0.310. The van der Waals surface area contributed by atoms with Crippen LogP contribution in [0.2, 0.25) is 0 Å². The van der Waals surface area contributed by atoms with Crippen molar-refractivity contribution in [1.29, 1.82) is 0 Å². The Morgan fingerprint density at radius 2 is 2.17 bits per heavy atom. The Morgan fingerprint density at radius 3 is 2.75 bits per heavy atom.